The van der Waals surface area contributed by atoms with E-state index in [4.69, 9.17) is 4.74 Å². The van der Waals surface area contributed by atoms with Crippen molar-refractivity contribution in [3.8, 4) is 0 Å². The van der Waals surface area contributed by atoms with Crippen LogP contribution >= 0.6 is 0 Å². The van der Waals surface area contributed by atoms with Crippen LogP contribution in [0.15, 0.2) is 12.3 Å². The quantitative estimate of drug-likeness (QED) is 0.536. The Morgan fingerprint density at radius 3 is 2.17 bits per heavy atom. The fourth-order valence-electron chi connectivity index (χ4n) is 2.50. The molecule has 68 valence electrons. The first-order valence-corrected chi connectivity index (χ1v) is 5.18. The van der Waals surface area contributed by atoms with Crippen molar-refractivity contribution < 1.29 is 4.74 Å². The van der Waals surface area contributed by atoms with Crippen LogP contribution in [0.3, 0.4) is 0 Å². The van der Waals surface area contributed by atoms with E-state index < -0.39 is 0 Å². The Hall–Kier alpha value is -0.460. The van der Waals surface area contributed by atoms with Gasteiger partial charge < -0.3 is 4.74 Å². The van der Waals surface area contributed by atoms with Gasteiger partial charge in [0.15, 0.2) is 0 Å². The lowest BCUT2D eigenvalue weighted by Crippen LogP contribution is -2.25. The highest BCUT2D eigenvalue weighted by molar-refractivity contribution is 5.00. The summed E-state index contributed by atoms with van der Waals surface area (Å²) in [6.07, 6.45) is 10.4. The topological polar surface area (TPSA) is 9.23 Å². The standard InChI is InChI=1S/C11H18O/c1-10-6-9-11(12-10)7-4-2-3-5-8-11/h1-9H2. The van der Waals surface area contributed by atoms with Gasteiger partial charge in [-0.1, -0.05) is 19.4 Å². The number of rotatable bonds is 0. The van der Waals surface area contributed by atoms with Crippen LogP contribution in [0.25, 0.3) is 0 Å². The smallest absolute Gasteiger partial charge is 0.109 e. The summed E-state index contributed by atoms with van der Waals surface area (Å²) < 4.78 is 5.88. The molecule has 1 heteroatoms. The SMILES string of the molecule is C=C1CCC2(CCCCCC2)O1. The van der Waals surface area contributed by atoms with Crippen molar-refractivity contribution in [3.63, 3.8) is 0 Å². The summed E-state index contributed by atoms with van der Waals surface area (Å²) in [4.78, 5) is 0. The molecule has 12 heavy (non-hydrogen) atoms. The fraction of sp³-hybridized carbons (Fsp3) is 0.818. The van der Waals surface area contributed by atoms with Crippen LogP contribution in [-0.4, -0.2) is 5.60 Å². The van der Waals surface area contributed by atoms with Crippen LogP contribution in [-0.2, 0) is 4.74 Å². The molecule has 0 radical (unpaired) electrons. The van der Waals surface area contributed by atoms with E-state index in [9.17, 15) is 0 Å². The minimum atomic E-state index is 0.230. The van der Waals surface area contributed by atoms with Crippen LogP contribution in [0.1, 0.15) is 51.4 Å². The lowest BCUT2D eigenvalue weighted by molar-refractivity contribution is 0.0259. The minimum Gasteiger partial charge on any atom is -0.492 e. The first-order chi connectivity index (χ1) is 5.81. The van der Waals surface area contributed by atoms with Crippen molar-refractivity contribution in [1.82, 2.24) is 0 Å². The van der Waals surface area contributed by atoms with Gasteiger partial charge in [0.05, 0.1) is 5.76 Å². The summed E-state index contributed by atoms with van der Waals surface area (Å²) in [5.41, 5.74) is 0.230. The van der Waals surface area contributed by atoms with Gasteiger partial charge in [0, 0.05) is 6.42 Å². The van der Waals surface area contributed by atoms with E-state index >= 15 is 0 Å². The molecule has 1 nitrogen and oxygen atoms in total. The Bertz CT molecular complexity index is 175. The molecule has 2 rings (SSSR count). The van der Waals surface area contributed by atoms with E-state index in [1.807, 2.05) is 0 Å². The third kappa shape index (κ3) is 1.50. The maximum absolute atomic E-state index is 5.88. The van der Waals surface area contributed by atoms with Crippen LogP contribution < -0.4 is 0 Å². The highest BCUT2D eigenvalue weighted by Crippen LogP contribution is 2.41. The van der Waals surface area contributed by atoms with Crippen molar-refractivity contribution in [2.45, 2.75) is 57.0 Å². The Kier molecular flexibility index (Phi) is 2.12. The van der Waals surface area contributed by atoms with E-state index in [1.165, 1.54) is 44.9 Å². The molecule has 1 aliphatic heterocycles. The zero-order valence-corrected chi connectivity index (χ0v) is 7.77. The molecule has 1 saturated carbocycles. The zero-order chi connectivity index (χ0) is 8.44. The van der Waals surface area contributed by atoms with E-state index in [-0.39, 0.29) is 5.60 Å². The lowest BCUT2D eigenvalue weighted by Gasteiger charge is -2.26. The highest BCUT2D eigenvalue weighted by Gasteiger charge is 2.37. The third-order valence-electron chi connectivity index (χ3n) is 3.24. The molecule has 1 aliphatic carbocycles. The van der Waals surface area contributed by atoms with Gasteiger partial charge in [-0.15, -0.1) is 0 Å². The van der Waals surface area contributed by atoms with E-state index in [1.54, 1.807) is 0 Å². The van der Waals surface area contributed by atoms with Crippen LogP contribution in [0.5, 0.6) is 0 Å². The maximum Gasteiger partial charge on any atom is 0.109 e. The first-order valence-electron chi connectivity index (χ1n) is 5.18. The predicted molar refractivity (Wildman–Crippen MR) is 49.9 cm³/mol. The normalized spacial score (nSPS) is 28.5. The van der Waals surface area contributed by atoms with Crippen LogP contribution in [0, 0.1) is 0 Å². The summed E-state index contributed by atoms with van der Waals surface area (Å²) in [6, 6.07) is 0. The van der Waals surface area contributed by atoms with Gasteiger partial charge in [0.1, 0.15) is 5.60 Å². The number of ether oxygens (including phenoxy) is 1. The Balaban J connectivity index is 2.03. The first kappa shape index (κ1) is 8.15. The monoisotopic (exact) mass is 166 g/mol. The van der Waals surface area contributed by atoms with Crippen molar-refractivity contribution >= 4 is 0 Å². The molecule has 0 unspecified atom stereocenters. The van der Waals surface area contributed by atoms with Gasteiger partial charge in [0.25, 0.3) is 0 Å². The molecule has 0 amide bonds. The van der Waals surface area contributed by atoms with Crippen LogP contribution in [0.4, 0.5) is 0 Å². The lowest BCUT2D eigenvalue weighted by atomic mass is 9.91. The van der Waals surface area contributed by atoms with Crippen molar-refractivity contribution in [2.24, 2.45) is 0 Å². The van der Waals surface area contributed by atoms with Gasteiger partial charge in [-0.05, 0) is 32.1 Å². The average Bonchev–Trinajstić information content (AvgIpc) is 2.30. The molecule has 0 N–H and O–H groups in total. The predicted octanol–water partition coefficient (Wildman–Crippen LogP) is 3.40. The molecule has 2 fully saturated rings. The molecule has 1 saturated heterocycles. The minimum absolute atomic E-state index is 0.230. The molecule has 1 spiro atoms. The summed E-state index contributed by atoms with van der Waals surface area (Å²) in [5, 5.41) is 0. The summed E-state index contributed by atoms with van der Waals surface area (Å²) in [5.74, 6) is 1.02. The van der Waals surface area contributed by atoms with Gasteiger partial charge in [-0.3, -0.25) is 0 Å². The van der Waals surface area contributed by atoms with Crippen molar-refractivity contribution in [2.75, 3.05) is 0 Å². The molecule has 0 bridgehead atoms. The maximum atomic E-state index is 5.88. The molecule has 2 aliphatic rings. The molecule has 0 aromatic heterocycles. The number of allylic oxidation sites excluding steroid dienone is 1. The van der Waals surface area contributed by atoms with Crippen LogP contribution in [0.2, 0.25) is 0 Å². The number of hydrogen-bond donors (Lipinski definition) is 0. The van der Waals surface area contributed by atoms with E-state index in [0.717, 1.165) is 12.2 Å². The third-order valence-corrected chi connectivity index (χ3v) is 3.24. The molecule has 0 atom stereocenters. The van der Waals surface area contributed by atoms with E-state index in [0.29, 0.717) is 0 Å². The largest absolute Gasteiger partial charge is 0.492 e. The second kappa shape index (κ2) is 3.12. The Morgan fingerprint density at radius 1 is 1.00 bits per heavy atom. The fourth-order valence-corrected chi connectivity index (χ4v) is 2.50. The second-order valence-electron chi connectivity index (χ2n) is 4.24. The van der Waals surface area contributed by atoms with Gasteiger partial charge in [0.2, 0.25) is 0 Å². The summed E-state index contributed by atoms with van der Waals surface area (Å²) in [6.45, 7) is 3.91. The van der Waals surface area contributed by atoms with Gasteiger partial charge in [-0.25, -0.2) is 0 Å². The Labute approximate surface area is 74.8 Å². The molecular weight excluding hydrogens is 148 g/mol. The van der Waals surface area contributed by atoms with E-state index in [2.05, 4.69) is 6.58 Å². The van der Waals surface area contributed by atoms with Crippen molar-refractivity contribution in [3.05, 3.63) is 12.3 Å². The second-order valence-corrected chi connectivity index (χ2v) is 4.24. The highest BCUT2D eigenvalue weighted by atomic mass is 16.5. The average molecular weight is 166 g/mol. The molecule has 0 aromatic carbocycles. The molecule has 1 heterocycles. The van der Waals surface area contributed by atoms with Gasteiger partial charge >= 0.3 is 0 Å². The molecular formula is C11H18O. The zero-order valence-electron chi connectivity index (χ0n) is 7.77. The Morgan fingerprint density at radius 2 is 1.67 bits per heavy atom. The number of hydrogen-bond acceptors (Lipinski definition) is 1. The summed E-state index contributed by atoms with van der Waals surface area (Å²) >= 11 is 0. The van der Waals surface area contributed by atoms with Gasteiger partial charge in [-0.2, -0.15) is 0 Å². The molecule has 0 aromatic rings. The van der Waals surface area contributed by atoms with Crippen molar-refractivity contribution in [1.29, 1.82) is 0 Å². The summed E-state index contributed by atoms with van der Waals surface area (Å²) in [7, 11) is 0.